The van der Waals surface area contributed by atoms with Crippen LogP contribution in [0.15, 0.2) is 28.7 Å². The van der Waals surface area contributed by atoms with Crippen LogP contribution in [0.25, 0.3) is 0 Å². The maximum atomic E-state index is 12.2. The van der Waals surface area contributed by atoms with E-state index in [-0.39, 0.29) is 18.8 Å². The summed E-state index contributed by atoms with van der Waals surface area (Å²) in [5.41, 5.74) is 0.410. The van der Waals surface area contributed by atoms with Crippen molar-refractivity contribution in [3.8, 4) is 0 Å². The molecule has 0 aromatic heterocycles. The number of rotatable bonds is 6. The minimum atomic E-state index is -0.972. The zero-order chi connectivity index (χ0) is 14.4. The maximum Gasteiger partial charge on any atom is 0.375 e. The number of halogens is 1. The standard InChI is InChI=1S/C14H15BrO4/c1-3-11(13(17)14(18)19-4-2)12(16)9-5-7-10(15)8-6-9/h5-8,11H,3-4H2,1-2H3. The first-order chi connectivity index (χ1) is 9.01. The summed E-state index contributed by atoms with van der Waals surface area (Å²) < 4.78 is 5.48. The third kappa shape index (κ3) is 3.99. The molecule has 0 saturated heterocycles. The summed E-state index contributed by atoms with van der Waals surface area (Å²) in [6.45, 7) is 3.43. The topological polar surface area (TPSA) is 60.4 Å². The van der Waals surface area contributed by atoms with Gasteiger partial charge in [0.15, 0.2) is 5.78 Å². The largest absolute Gasteiger partial charge is 0.460 e. The highest BCUT2D eigenvalue weighted by atomic mass is 79.9. The van der Waals surface area contributed by atoms with Crippen LogP contribution in [0.4, 0.5) is 0 Å². The van der Waals surface area contributed by atoms with E-state index >= 15 is 0 Å². The number of hydrogen-bond acceptors (Lipinski definition) is 4. The van der Waals surface area contributed by atoms with Gasteiger partial charge in [-0.2, -0.15) is 0 Å². The highest BCUT2D eigenvalue weighted by Gasteiger charge is 2.31. The molecule has 0 amide bonds. The number of benzene rings is 1. The van der Waals surface area contributed by atoms with E-state index < -0.39 is 17.7 Å². The van der Waals surface area contributed by atoms with Crippen LogP contribution < -0.4 is 0 Å². The van der Waals surface area contributed by atoms with E-state index in [9.17, 15) is 14.4 Å². The van der Waals surface area contributed by atoms with Gasteiger partial charge in [-0.15, -0.1) is 0 Å². The number of ether oxygens (including phenoxy) is 1. The summed E-state index contributed by atoms with van der Waals surface area (Å²) in [5, 5.41) is 0. The fraction of sp³-hybridized carbons (Fsp3) is 0.357. The third-order valence-corrected chi connectivity index (χ3v) is 3.18. The van der Waals surface area contributed by atoms with E-state index in [0.717, 1.165) is 4.47 Å². The minimum absolute atomic E-state index is 0.119. The second-order valence-electron chi connectivity index (χ2n) is 3.92. The molecule has 0 spiro atoms. The molecule has 0 aliphatic rings. The molecular weight excluding hydrogens is 312 g/mol. The summed E-state index contributed by atoms with van der Waals surface area (Å²) in [6, 6.07) is 6.67. The molecule has 0 aliphatic heterocycles. The molecule has 19 heavy (non-hydrogen) atoms. The van der Waals surface area contributed by atoms with E-state index in [1.54, 1.807) is 38.1 Å². The zero-order valence-corrected chi connectivity index (χ0v) is 12.4. The molecular formula is C14H15BrO4. The Labute approximate surface area is 120 Å². The van der Waals surface area contributed by atoms with Gasteiger partial charge >= 0.3 is 5.97 Å². The molecule has 0 radical (unpaired) electrons. The Bertz CT molecular complexity index is 479. The molecule has 1 atom stereocenters. The normalized spacial score (nSPS) is 11.7. The third-order valence-electron chi connectivity index (χ3n) is 2.65. The summed E-state index contributed by atoms with van der Waals surface area (Å²) in [7, 11) is 0. The van der Waals surface area contributed by atoms with Gasteiger partial charge in [0.1, 0.15) is 0 Å². The van der Waals surface area contributed by atoms with Gasteiger partial charge in [-0.1, -0.05) is 35.0 Å². The lowest BCUT2D eigenvalue weighted by Crippen LogP contribution is -2.31. The fourth-order valence-electron chi connectivity index (χ4n) is 1.65. The number of carbonyl (C=O) groups is 3. The number of esters is 1. The van der Waals surface area contributed by atoms with Gasteiger partial charge in [0, 0.05) is 10.0 Å². The van der Waals surface area contributed by atoms with Crippen LogP contribution in [0.3, 0.4) is 0 Å². The van der Waals surface area contributed by atoms with Crippen molar-refractivity contribution < 1.29 is 19.1 Å². The first-order valence-electron chi connectivity index (χ1n) is 6.02. The van der Waals surface area contributed by atoms with Gasteiger partial charge in [-0.25, -0.2) is 4.79 Å². The number of Topliss-reactive ketones (excluding diaryl/α,β-unsaturated/α-hetero) is 2. The first kappa shape index (κ1) is 15.6. The fourth-order valence-corrected chi connectivity index (χ4v) is 1.91. The molecule has 0 N–H and O–H groups in total. The molecule has 102 valence electrons. The predicted octanol–water partition coefficient (Wildman–Crippen LogP) is 2.79. The lowest BCUT2D eigenvalue weighted by molar-refractivity contribution is -0.154. The summed E-state index contributed by atoms with van der Waals surface area (Å²) in [5.74, 6) is -3.05. The minimum Gasteiger partial charge on any atom is -0.460 e. The van der Waals surface area contributed by atoms with Crippen molar-refractivity contribution in [1.29, 1.82) is 0 Å². The van der Waals surface area contributed by atoms with Crippen LogP contribution in [0.2, 0.25) is 0 Å². The molecule has 0 saturated carbocycles. The van der Waals surface area contributed by atoms with Crippen molar-refractivity contribution in [3.05, 3.63) is 34.3 Å². The van der Waals surface area contributed by atoms with Gasteiger partial charge in [0.25, 0.3) is 5.78 Å². The van der Waals surface area contributed by atoms with Crippen LogP contribution in [0.1, 0.15) is 30.6 Å². The number of carbonyl (C=O) groups excluding carboxylic acids is 3. The molecule has 5 heteroatoms. The second-order valence-corrected chi connectivity index (χ2v) is 4.83. The highest BCUT2D eigenvalue weighted by Crippen LogP contribution is 2.17. The van der Waals surface area contributed by atoms with Crippen LogP contribution in [-0.2, 0) is 14.3 Å². The van der Waals surface area contributed by atoms with E-state index in [2.05, 4.69) is 20.7 Å². The Kier molecular flexibility index (Phi) is 5.89. The molecule has 0 bridgehead atoms. The van der Waals surface area contributed by atoms with Crippen molar-refractivity contribution in [2.24, 2.45) is 5.92 Å². The Balaban J connectivity index is 2.90. The van der Waals surface area contributed by atoms with Crippen molar-refractivity contribution in [2.75, 3.05) is 6.61 Å². The monoisotopic (exact) mass is 326 g/mol. The number of ketones is 2. The van der Waals surface area contributed by atoms with E-state index in [0.29, 0.717) is 5.56 Å². The summed E-state index contributed by atoms with van der Waals surface area (Å²) in [6.07, 6.45) is 0.270. The molecule has 1 aromatic carbocycles. The Morgan fingerprint density at radius 2 is 1.74 bits per heavy atom. The molecule has 0 fully saturated rings. The number of hydrogen-bond donors (Lipinski definition) is 0. The molecule has 1 rings (SSSR count). The van der Waals surface area contributed by atoms with Crippen LogP contribution in [0.5, 0.6) is 0 Å². The van der Waals surface area contributed by atoms with Gasteiger partial charge in [-0.3, -0.25) is 9.59 Å². The second kappa shape index (κ2) is 7.19. The zero-order valence-electron chi connectivity index (χ0n) is 10.8. The summed E-state index contributed by atoms with van der Waals surface area (Å²) >= 11 is 3.27. The van der Waals surface area contributed by atoms with Crippen molar-refractivity contribution in [2.45, 2.75) is 20.3 Å². The van der Waals surface area contributed by atoms with E-state index in [1.807, 2.05) is 0 Å². The average Bonchev–Trinajstić information content (AvgIpc) is 2.40. The quantitative estimate of drug-likeness (QED) is 0.349. The lowest BCUT2D eigenvalue weighted by Gasteiger charge is -2.11. The SMILES string of the molecule is CCOC(=O)C(=O)C(CC)C(=O)c1ccc(Br)cc1. The molecule has 4 nitrogen and oxygen atoms in total. The average molecular weight is 327 g/mol. The molecule has 0 heterocycles. The van der Waals surface area contributed by atoms with Crippen molar-refractivity contribution in [3.63, 3.8) is 0 Å². The smallest absolute Gasteiger partial charge is 0.375 e. The van der Waals surface area contributed by atoms with Gasteiger partial charge in [0.05, 0.1) is 12.5 Å². The van der Waals surface area contributed by atoms with E-state index in [1.165, 1.54) is 0 Å². The molecule has 1 aromatic rings. The van der Waals surface area contributed by atoms with Crippen molar-refractivity contribution in [1.82, 2.24) is 0 Å². The lowest BCUT2D eigenvalue weighted by atomic mass is 9.91. The molecule has 0 aliphatic carbocycles. The first-order valence-corrected chi connectivity index (χ1v) is 6.81. The predicted molar refractivity (Wildman–Crippen MR) is 73.9 cm³/mol. The van der Waals surface area contributed by atoms with Crippen LogP contribution >= 0.6 is 15.9 Å². The molecule has 1 unspecified atom stereocenters. The van der Waals surface area contributed by atoms with Gasteiger partial charge in [0.2, 0.25) is 0 Å². The van der Waals surface area contributed by atoms with Crippen molar-refractivity contribution >= 4 is 33.5 Å². The highest BCUT2D eigenvalue weighted by molar-refractivity contribution is 9.10. The van der Waals surface area contributed by atoms with E-state index in [4.69, 9.17) is 0 Å². The van der Waals surface area contributed by atoms with Gasteiger partial charge in [-0.05, 0) is 25.5 Å². The maximum absolute atomic E-state index is 12.2. The van der Waals surface area contributed by atoms with Crippen LogP contribution in [-0.4, -0.2) is 24.1 Å². The summed E-state index contributed by atoms with van der Waals surface area (Å²) in [4.78, 5) is 35.4. The van der Waals surface area contributed by atoms with Gasteiger partial charge < -0.3 is 4.74 Å². The van der Waals surface area contributed by atoms with Crippen LogP contribution in [0, 0.1) is 5.92 Å². The Morgan fingerprint density at radius 3 is 2.21 bits per heavy atom. The Morgan fingerprint density at radius 1 is 1.16 bits per heavy atom. The Hall–Kier alpha value is -1.49.